The molecule has 5 heteroatoms. The van der Waals surface area contributed by atoms with E-state index in [1.807, 2.05) is 6.92 Å². The summed E-state index contributed by atoms with van der Waals surface area (Å²) in [6, 6.07) is 6.45. The van der Waals surface area contributed by atoms with Crippen molar-refractivity contribution < 1.29 is 8.42 Å². The topological polar surface area (TPSA) is 37.4 Å². The van der Waals surface area contributed by atoms with E-state index in [0.717, 1.165) is 19.3 Å². The number of benzene rings is 1. The van der Waals surface area contributed by atoms with Crippen LogP contribution in [0.25, 0.3) is 0 Å². The molecule has 1 saturated heterocycles. The van der Waals surface area contributed by atoms with Crippen LogP contribution >= 0.6 is 11.6 Å². The monoisotopic (exact) mass is 273 g/mol. The van der Waals surface area contributed by atoms with E-state index in [9.17, 15) is 8.42 Å². The van der Waals surface area contributed by atoms with Crippen LogP contribution in [0.1, 0.15) is 26.2 Å². The van der Waals surface area contributed by atoms with Gasteiger partial charge in [-0.1, -0.05) is 18.0 Å². The van der Waals surface area contributed by atoms with Gasteiger partial charge in [0.2, 0.25) is 10.0 Å². The van der Waals surface area contributed by atoms with Gasteiger partial charge in [-0.2, -0.15) is 4.31 Å². The molecule has 0 unspecified atom stereocenters. The first-order valence-corrected chi connectivity index (χ1v) is 7.61. The van der Waals surface area contributed by atoms with Crippen LogP contribution in [0.3, 0.4) is 0 Å². The molecule has 94 valence electrons. The molecule has 0 radical (unpaired) electrons. The Morgan fingerprint density at radius 3 is 2.47 bits per heavy atom. The van der Waals surface area contributed by atoms with Gasteiger partial charge in [0, 0.05) is 17.6 Å². The minimum Gasteiger partial charge on any atom is -0.207 e. The minimum absolute atomic E-state index is 0.0874. The van der Waals surface area contributed by atoms with Gasteiger partial charge in [0.1, 0.15) is 0 Å². The van der Waals surface area contributed by atoms with Crippen LogP contribution in [0.15, 0.2) is 29.2 Å². The van der Waals surface area contributed by atoms with Crippen molar-refractivity contribution in [2.75, 3.05) is 6.54 Å². The molecule has 1 heterocycles. The summed E-state index contributed by atoms with van der Waals surface area (Å²) in [5.41, 5.74) is 0. The summed E-state index contributed by atoms with van der Waals surface area (Å²) in [4.78, 5) is 0.329. The van der Waals surface area contributed by atoms with Gasteiger partial charge in [0.25, 0.3) is 0 Å². The van der Waals surface area contributed by atoms with Crippen LogP contribution in [0.4, 0.5) is 0 Å². The third kappa shape index (κ3) is 2.64. The van der Waals surface area contributed by atoms with Crippen molar-refractivity contribution in [2.24, 2.45) is 0 Å². The molecule has 1 aliphatic rings. The quantitative estimate of drug-likeness (QED) is 0.831. The Hall–Kier alpha value is -0.580. The van der Waals surface area contributed by atoms with Crippen LogP contribution < -0.4 is 0 Å². The van der Waals surface area contributed by atoms with Gasteiger partial charge in [0.15, 0.2) is 0 Å². The normalized spacial score (nSPS) is 22.6. The molecular formula is C12H16ClNO2S. The lowest BCUT2D eigenvalue weighted by Crippen LogP contribution is -2.41. The largest absolute Gasteiger partial charge is 0.243 e. The van der Waals surface area contributed by atoms with Gasteiger partial charge < -0.3 is 0 Å². The number of halogens is 1. The van der Waals surface area contributed by atoms with Gasteiger partial charge in [-0.05, 0) is 44.0 Å². The van der Waals surface area contributed by atoms with Gasteiger partial charge in [-0.3, -0.25) is 0 Å². The van der Waals surface area contributed by atoms with Crippen molar-refractivity contribution in [1.82, 2.24) is 4.31 Å². The van der Waals surface area contributed by atoms with Gasteiger partial charge in [-0.15, -0.1) is 0 Å². The molecule has 1 aliphatic heterocycles. The van der Waals surface area contributed by atoms with E-state index in [-0.39, 0.29) is 6.04 Å². The fraction of sp³-hybridized carbons (Fsp3) is 0.500. The predicted molar refractivity (Wildman–Crippen MR) is 68.7 cm³/mol. The van der Waals surface area contributed by atoms with Gasteiger partial charge in [-0.25, -0.2) is 8.42 Å². The first-order valence-electron chi connectivity index (χ1n) is 5.79. The standard InChI is InChI=1S/C12H16ClNO2S/c1-10-4-2-3-9-14(10)17(15,16)12-7-5-11(13)6-8-12/h5-8,10H,2-4,9H2,1H3/t10-/m0/s1. The SMILES string of the molecule is C[C@H]1CCCCN1S(=O)(=O)c1ccc(Cl)cc1. The fourth-order valence-electron chi connectivity index (χ4n) is 2.17. The van der Waals surface area contributed by atoms with Gasteiger partial charge in [0.05, 0.1) is 4.90 Å². The predicted octanol–water partition coefficient (Wildman–Crippen LogP) is 2.90. The summed E-state index contributed by atoms with van der Waals surface area (Å²) in [6.07, 6.45) is 2.98. The molecule has 1 atom stereocenters. The third-order valence-corrected chi connectivity index (χ3v) is 5.44. The highest BCUT2D eigenvalue weighted by atomic mass is 35.5. The molecule has 0 amide bonds. The summed E-state index contributed by atoms with van der Waals surface area (Å²) in [5, 5.41) is 0.552. The van der Waals surface area contributed by atoms with Crippen molar-refractivity contribution in [2.45, 2.75) is 37.1 Å². The molecule has 0 spiro atoms. The van der Waals surface area contributed by atoms with Crippen LogP contribution in [-0.2, 0) is 10.0 Å². The molecule has 17 heavy (non-hydrogen) atoms. The smallest absolute Gasteiger partial charge is 0.207 e. The van der Waals surface area contributed by atoms with Crippen molar-refractivity contribution in [3.63, 3.8) is 0 Å². The molecule has 3 nitrogen and oxygen atoms in total. The first kappa shape index (κ1) is 12.9. The Kier molecular flexibility index (Phi) is 3.76. The molecule has 1 aromatic rings. The maximum Gasteiger partial charge on any atom is 0.243 e. The number of sulfonamides is 1. The van der Waals surface area contributed by atoms with Crippen molar-refractivity contribution in [3.05, 3.63) is 29.3 Å². The molecular weight excluding hydrogens is 258 g/mol. The number of rotatable bonds is 2. The molecule has 1 aromatic carbocycles. The number of piperidine rings is 1. The first-order chi connectivity index (χ1) is 8.01. The summed E-state index contributed by atoms with van der Waals surface area (Å²) in [6.45, 7) is 2.58. The minimum atomic E-state index is -3.35. The Bertz CT molecular complexity index is 484. The molecule has 0 saturated carbocycles. The maximum atomic E-state index is 12.4. The lowest BCUT2D eigenvalue weighted by atomic mass is 10.1. The van der Waals surface area contributed by atoms with Crippen LogP contribution in [0.5, 0.6) is 0 Å². The summed E-state index contributed by atoms with van der Waals surface area (Å²) in [7, 11) is -3.35. The number of nitrogens with zero attached hydrogens (tertiary/aromatic N) is 1. The second kappa shape index (κ2) is 4.96. The highest BCUT2D eigenvalue weighted by Gasteiger charge is 2.30. The Morgan fingerprint density at radius 2 is 1.88 bits per heavy atom. The second-order valence-electron chi connectivity index (χ2n) is 4.41. The summed E-state index contributed by atoms with van der Waals surface area (Å²) < 4.78 is 26.4. The Balaban J connectivity index is 2.32. The second-order valence-corrected chi connectivity index (χ2v) is 6.74. The fourth-order valence-corrected chi connectivity index (χ4v) is 4.00. The lowest BCUT2D eigenvalue weighted by Gasteiger charge is -2.32. The average Bonchev–Trinajstić information content (AvgIpc) is 2.30. The average molecular weight is 274 g/mol. The van der Waals surface area contributed by atoms with E-state index in [0.29, 0.717) is 16.5 Å². The zero-order valence-electron chi connectivity index (χ0n) is 9.77. The molecule has 2 rings (SSSR count). The molecule has 0 bridgehead atoms. The van der Waals surface area contributed by atoms with Crippen LogP contribution in [-0.4, -0.2) is 25.3 Å². The summed E-state index contributed by atoms with van der Waals surface area (Å²) >= 11 is 5.77. The van der Waals surface area contributed by atoms with E-state index in [4.69, 9.17) is 11.6 Å². The molecule has 1 fully saturated rings. The van der Waals surface area contributed by atoms with E-state index < -0.39 is 10.0 Å². The Morgan fingerprint density at radius 1 is 1.24 bits per heavy atom. The van der Waals surface area contributed by atoms with Gasteiger partial charge >= 0.3 is 0 Å². The van der Waals surface area contributed by atoms with Crippen molar-refractivity contribution in [3.8, 4) is 0 Å². The third-order valence-electron chi connectivity index (χ3n) is 3.16. The number of hydrogen-bond acceptors (Lipinski definition) is 2. The zero-order valence-corrected chi connectivity index (χ0v) is 11.3. The van der Waals surface area contributed by atoms with Crippen molar-refractivity contribution in [1.29, 1.82) is 0 Å². The molecule has 0 N–H and O–H groups in total. The summed E-state index contributed by atoms with van der Waals surface area (Å²) in [5.74, 6) is 0. The highest BCUT2D eigenvalue weighted by Crippen LogP contribution is 2.25. The van der Waals surface area contributed by atoms with Crippen LogP contribution in [0.2, 0.25) is 5.02 Å². The number of hydrogen-bond donors (Lipinski definition) is 0. The van der Waals surface area contributed by atoms with E-state index in [1.165, 1.54) is 0 Å². The van der Waals surface area contributed by atoms with Crippen molar-refractivity contribution >= 4 is 21.6 Å². The lowest BCUT2D eigenvalue weighted by molar-refractivity contribution is 0.268. The van der Waals surface area contributed by atoms with E-state index >= 15 is 0 Å². The molecule has 0 aliphatic carbocycles. The van der Waals surface area contributed by atoms with E-state index in [2.05, 4.69) is 0 Å². The molecule has 0 aromatic heterocycles. The highest BCUT2D eigenvalue weighted by molar-refractivity contribution is 7.89. The van der Waals surface area contributed by atoms with E-state index in [1.54, 1.807) is 28.6 Å². The maximum absolute atomic E-state index is 12.4. The Labute approximate surface area is 107 Å². The van der Waals surface area contributed by atoms with Crippen LogP contribution in [0, 0.1) is 0 Å². The zero-order chi connectivity index (χ0) is 12.5.